The van der Waals surface area contributed by atoms with Crippen molar-refractivity contribution in [1.29, 1.82) is 5.26 Å². The molecule has 2 nitrogen and oxygen atoms in total. The van der Waals surface area contributed by atoms with Crippen molar-refractivity contribution in [2.75, 3.05) is 5.32 Å². The van der Waals surface area contributed by atoms with Gasteiger partial charge in [-0.05, 0) is 51.7 Å². The molecule has 0 saturated heterocycles. The maximum absolute atomic E-state index is 9.20. The second kappa shape index (κ2) is 5.90. The molecule has 0 aliphatic heterocycles. The third kappa shape index (κ3) is 3.15. The molecule has 3 heteroatoms. The van der Waals surface area contributed by atoms with E-state index >= 15 is 0 Å². The van der Waals surface area contributed by atoms with E-state index in [2.05, 4.69) is 53.3 Å². The van der Waals surface area contributed by atoms with Gasteiger partial charge in [-0.15, -0.1) is 0 Å². The standard InChI is InChI=1S/C16H15BrN2/c1-11(2)12-5-3-6-13(9-12)19-16-8-4-7-15(17)14(16)10-18/h3-9,11,19H,1-2H3. The van der Waals surface area contributed by atoms with Crippen molar-refractivity contribution in [2.45, 2.75) is 19.8 Å². The summed E-state index contributed by atoms with van der Waals surface area (Å²) < 4.78 is 0.806. The Balaban J connectivity index is 2.34. The topological polar surface area (TPSA) is 35.8 Å². The Hall–Kier alpha value is -1.79. The van der Waals surface area contributed by atoms with Crippen LogP contribution in [-0.2, 0) is 0 Å². The number of nitrogens with one attached hydrogen (secondary N) is 1. The van der Waals surface area contributed by atoms with E-state index in [1.54, 1.807) is 0 Å². The maximum atomic E-state index is 9.20. The fourth-order valence-electron chi connectivity index (χ4n) is 1.87. The van der Waals surface area contributed by atoms with Gasteiger partial charge in [0.05, 0.1) is 11.3 Å². The van der Waals surface area contributed by atoms with Crippen LogP contribution in [-0.4, -0.2) is 0 Å². The van der Waals surface area contributed by atoms with Crippen LogP contribution in [0.25, 0.3) is 0 Å². The van der Waals surface area contributed by atoms with Gasteiger partial charge in [-0.1, -0.05) is 32.0 Å². The molecule has 0 atom stereocenters. The van der Waals surface area contributed by atoms with Crippen LogP contribution in [0.15, 0.2) is 46.9 Å². The molecule has 0 fully saturated rings. The minimum Gasteiger partial charge on any atom is -0.354 e. The lowest BCUT2D eigenvalue weighted by atomic mass is 10.0. The average molecular weight is 315 g/mol. The largest absolute Gasteiger partial charge is 0.354 e. The normalized spacial score (nSPS) is 10.3. The van der Waals surface area contributed by atoms with E-state index in [9.17, 15) is 5.26 Å². The first-order valence-electron chi connectivity index (χ1n) is 6.17. The van der Waals surface area contributed by atoms with Gasteiger partial charge in [0.15, 0.2) is 0 Å². The Labute approximate surface area is 122 Å². The zero-order chi connectivity index (χ0) is 13.8. The van der Waals surface area contributed by atoms with Crippen LogP contribution in [0.2, 0.25) is 0 Å². The zero-order valence-electron chi connectivity index (χ0n) is 10.9. The van der Waals surface area contributed by atoms with Gasteiger partial charge in [-0.2, -0.15) is 5.26 Å². The van der Waals surface area contributed by atoms with Crippen molar-refractivity contribution >= 4 is 27.3 Å². The van der Waals surface area contributed by atoms with Crippen LogP contribution in [0.1, 0.15) is 30.9 Å². The van der Waals surface area contributed by atoms with Crippen LogP contribution in [0, 0.1) is 11.3 Å². The van der Waals surface area contributed by atoms with E-state index in [4.69, 9.17) is 0 Å². The lowest BCUT2D eigenvalue weighted by Crippen LogP contribution is -1.96. The van der Waals surface area contributed by atoms with Crippen LogP contribution < -0.4 is 5.32 Å². The summed E-state index contributed by atoms with van der Waals surface area (Å²) >= 11 is 3.40. The zero-order valence-corrected chi connectivity index (χ0v) is 12.5. The average Bonchev–Trinajstić information content (AvgIpc) is 2.39. The molecular weight excluding hydrogens is 300 g/mol. The highest BCUT2D eigenvalue weighted by Crippen LogP contribution is 2.27. The minimum absolute atomic E-state index is 0.486. The molecule has 0 saturated carbocycles. The van der Waals surface area contributed by atoms with Gasteiger partial charge in [0.1, 0.15) is 6.07 Å². The molecule has 0 unspecified atom stereocenters. The van der Waals surface area contributed by atoms with Gasteiger partial charge in [-0.3, -0.25) is 0 Å². The van der Waals surface area contributed by atoms with E-state index in [-0.39, 0.29) is 0 Å². The van der Waals surface area contributed by atoms with Crippen molar-refractivity contribution in [2.24, 2.45) is 0 Å². The van der Waals surface area contributed by atoms with Gasteiger partial charge in [0.25, 0.3) is 0 Å². The second-order valence-electron chi connectivity index (χ2n) is 4.68. The lowest BCUT2D eigenvalue weighted by Gasteiger charge is -2.12. The Morgan fingerprint density at radius 1 is 1.16 bits per heavy atom. The molecule has 0 aliphatic carbocycles. The van der Waals surface area contributed by atoms with Crippen LogP contribution >= 0.6 is 15.9 Å². The Bertz CT molecular complexity index is 627. The van der Waals surface area contributed by atoms with Crippen molar-refractivity contribution in [1.82, 2.24) is 0 Å². The summed E-state index contributed by atoms with van der Waals surface area (Å²) in [5, 5.41) is 12.5. The van der Waals surface area contributed by atoms with Crippen molar-refractivity contribution in [3.63, 3.8) is 0 Å². The highest BCUT2D eigenvalue weighted by molar-refractivity contribution is 9.10. The predicted molar refractivity (Wildman–Crippen MR) is 82.7 cm³/mol. The number of benzene rings is 2. The molecule has 2 aromatic carbocycles. The first-order chi connectivity index (χ1) is 9.11. The highest BCUT2D eigenvalue weighted by atomic mass is 79.9. The van der Waals surface area contributed by atoms with Crippen LogP contribution in [0.5, 0.6) is 0 Å². The summed E-state index contributed by atoms with van der Waals surface area (Å²) in [6.45, 7) is 4.33. The van der Waals surface area contributed by atoms with Crippen molar-refractivity contribution in [3.05, 3.63) is 58.1 Å². The highest BCUT2D eigenvalue weighted by Gasteiger charge is 2.07. The molecule has 0 heterocycles. The van der Waals surface area contributed by atoms with E-state index in [0.717, 1.165) is 15.8 Å². The first kappa shape index (κ1) is 13.6. The SMILES string of the molecule is CC(C)c1cccc(Nc2cccc(Br)c2C#N)c1. The van der Waals surface area contributed by atoms with Gasteiger partial charge >= 0.3 is 0 Å². The molecule has 2 rings (SSSR count). The number of halogens is 1. The smallest absolute Gasteiger partial charge is 0.103 e. The molecule has 0 amide bonds. The van der Waals surface area contributed by atoms with E-state index in [0.29, 0.717) is 11.5 Å². The number of hydrogen-bond donors (Lipinski definition) is 1. The van der Waals surface area contributed by atoms with Crippen molar-refractivity contribution in [3.8, 4) is 6.07 Å². The van der Waals surface area contributed by atoms with Gasteiger partial charge in [-0.25, -0.2) is 0 Å². The summed E-state index contributed by atoms with van der Waals surface area (Å²) in [6.07, 6.45) is 0. The molecule has 1 N–H and O–H groups in total. The molecule has 0 radical (unpaired) electrons. The quantitative estimate of drug-likeness (QED) is 0.846. The third-order valence-electron chi connectivity index (χ3n) is 2.96. The summed E-state index contributed by atoms with van der Waals surface area (Å²) in [5.74, 6) is 0.486. The van der Waals surface area contributed by atoms with E-state index < -0.39 is 0 Å². The fraction of sp³-hybridized carbons (Fsp3) is 0.188. The number of nitrogens with zero attached hydrogens (tertiary/aromatic N) is 1. The first-order valence-corrected chi connectivity index (χ1v) is 6.96. The number of anilines is 2. The van der Waals surface area contributed by atoms with Crippen LogP contribution in [0.3, 0.4) is 0 Å². The number of rotatable bonds is 3. The van der Waals surface area contributed by atoms with Gasteiger partial charge in [0, 0.05) is 10.2 Å². The molecule has 0 bridgehead atoms. The Kier molecular flexibility index (Phi) is 4.24. The van der Waals surface area contributed by atoms with Crippen molar-refractivity contribution < 1.29 is 0 Å². The minimum atomic E-state index is 0.486. The fourth-order valence-corrected chi connectivity index (χ4v) is 2.33. The van der Waals surface area contributed by atoms with E-state index in [1.165, 1.54) is 5.56 Å². The monoisotopic (exact) mass is 314 g/mol. The van der Waals surface area contributed by atoms with E-state index in [1.807, 2.05) is 30.3 Å². The Morgan fingerprint density at radius 3 is 2.58 bits per heavy atom. The number of hydrogen-bond acceptors (Lipinski definition) is 2. The summed E-state index contributed by atoms with van der Waals surface area (Å²) in [6, 6.07) is 16.2. The third-order valence-corrected chi connectivity index (χ3v) is 3.62. The molecule has 0 spiro atoms. The molecule has 19 heavy (non-hydrogen) atoms. The van der Waals surface area contributed by atoms with Gasteiger partial charge < -0.3 is 5.32 Å². The maximum Gasteiger partial charge on any atom is 0.103 e. The van der Waals surface area contributed by atoms with Crippen LogP contribution in [0.4, 0.5) is 11.4 Å². The summed E-state index contributed by atoms with van der Waals surface area (Å²) in [5.41, 5.74) is 3.72. The molecule has 0 aliphatic rings. The molecule has 96 valence electrons. The molecular formula is C16H15BrN2. The summed E-state index contributed by atoms with van der Waals surface area (Å²) in [4.78, 5) is 0. The lowest BCUT2D eigenvalue weighted by molar-refractivity contribution is 0.867. The predicted octanol–water partition coefficient (Wildman–Crippen LogP) is 5.19. The second-order valence-corrected chi connectivity index (χ2v) is 5.53. The number of nitriles is 1. The molecule has 2 aromatic rings. The summed E-state index contributed by atoms with van der Waals surface area (Å²) in [7, 11) is 0. The Morgan fingerprint density at radius 2 is 1.89 bits per heavy atom. The van der Waals surface area contributed by atoms with Gasteiger partial charge in [0.2, 0.25) is 0 Å². The molecule has 0 aromatic heterocycles.